The van der Waals surface area contributed by atoms with E-state index in [1.54, 1.807) is 41.3 Å². The van der Waals surface area contributed by atoms with E-state index < -0.39 is 6.30 Å². The summed E-state index contributed by atoms with van der Waals surface area (Å²) >= 11 is 5.86. The second-order valence-corrected chi connectivity index (χ2v) is 5.85. The van der Waals surface area contributed by atoms with Crippen molar-refractivity contribution >= 4 is 34.6 Å². The van der Waals surface area contributed by atoms with Crippen molar-refractivity contribution < 1.29 is 13.9 Å². The zero-order chi connectivity index (χ0) is 17.1. The van der Waals surface area contributed by atoms with E-state index in [0.717, 1.165) is 0 Å². The molecule has 1 saturated heterocycles. The van der Waals surface area contributed by atoms with Gasteiger partial charge in [-0.2, -0.15) is 0 Å². The predicted molar refractivity (Wildman–Crippen MR) is 93.3 cm³/mol. The quantitative estimate of drug-likeness (QED) is 0.659. The Hall–Kier alpha value is -2.31. The Bertz CT molecular complexity index is 756. The van der Waals surface area contributed by atoms with Gasteiger partial charge in [0.1, 0.15) is 0 Å². The Morgan fingerprint density at radius 2 is 2.17 bits per heavy atom. The van der Waals surface area contributed by atoms with Gasteiger partial charge in [-0.1, -0.05) is 17.7 Å². The number of hydrogen-bond donors (Lipinski definition) is 2. The molecule has 126 valence electrons. The van der Waals surface area contributed by atoms with E-state index in [-0.39, 0.29) is 12.5 Å². The lowest BCUT2D eigenvalue weighted by Crippen LogP contribution is -2.42. The first-order valence-corrected chi connectivity index (χ1v) is 7.87. The molecule has 3 rings (SSSR count). The second kappa shape index (κ2) is 7.07. The molecular weight excluding hydrogens is 333 g/mol. The topological polar surface area (TPSA) is 67.6 Å². The Morgan fingerprint density at radius 1 is 1.33 bits per heavy atom. The van der Waals surface area contributed by atoms with Crippen LogP contribution in [0.5, 0.6) is 0 Å². The molecule has 1 fully saturated rings. The maximum Gasteiger partial charge on any atom is 0.255 e. The van der Waals surface area contributed by atoms with Crippen molar-refractivity contribution in [1.29, 1.82) is 0 Å². The van der Waals surface area contributed by atoms with Crippen LogP contribution in [0.15, 0.2) is 42.5 Å². The van der Waals surface area contributed by atoms with Gasteiger partial charge in [-0.25, -0.2) is 4.39 Å². The van der Waals surface area contributed by atoms with Crippen molar-refractivity contribution in [3.63, 3.8) is 0 Å². The molecule has 24 heavy (non-hydrogen) atoms. The number of nitrogens with one attached hydrogen (secondary N) is 1. The first-order valence-electron chi connectivity index (χ1n) is 7.49. The van der Waals surface area contributed by atoms with Gasteiger partial charge in [0.05, 0.1) is 23.9 Å². The van der Waals surface area contributed by atoms with Crippen LogP contribution >= 0.6 is 11.6 Å². The second-order valence-electron chi connectivity index (χ2n) is 5.44. The predicted octanol–water partition coefficient (Wildman–Crippen LogP) is 3.31. The fourth-order valence-electron chi connectivity index (χ4n) is 2.51. The first kappa shape index (κ1) is 16.5. The molecule has 0 spiro atoms. The van der Waals surface area contributed by atoms with Crippen molar-refractivity contribution in [2.24, 2.45) is 0 Å². The monoisotopic (exact) mass is 349 g/mol. The molecule has 0 bridgehead atoms. The van der Waals surface area contributed by atoms with E-state index in [1.165, 1.54) is 6.07 Å². The summed E-state index contributed by atoms with van der Waals surface area (Å²) in [6, 6.07) is 11.7. The molecule has 1 aliphatic rings. The number of hydrogen-bond acceptors (Lipinski definition) is 4. The van der Waals surface area contributed by atoms with Crippen molar-refractivity contribution in [3.8, 4) is 0 Å². The number of rotatable bonds is 3. The summed E-state index contributed by atoms with van der Waals surface area (Å²) in [6.45, 7) is 0.980. The van der Waals surface area contributed by atoms with Crippen LogP contribution in [0, 0.1) is 0 Å². The molecule has 1 atom stereocenters. The summed E-state index contributed by atoms with van der Waals surface area (Å²) < 4.78 is 19.1. The van der Waals surface area contributed by atoms with Crippen LogP contribution in [0.4, 0.5) is 21.5 Å². The average Bonchev–Trinajstić information content (AvgIpc) is 2.58. The zero-order valence-corrected chi connectivity index (χ0v) is 13.6. The molecule has 1 unspecified atom stereocenters. The Labute approximate surface area is 144 Å². The summed E-state index contributed by atoms with van der Waals surface area (Å²) in [6.07, 6.45) is -1.19. The van der Waals surface area contributed by atoms with Crippen LogP contribution in [0.1, 0.15) is 10.4 Å². The number of carbonyl (C=O) groups excluding carboxylic acids is 1. The lowest BCUT2D eigenvalue weighted by atomic mass is 10.1. The minimum atomic E-state index is -1.19. The van der Waals surface area contributed by atoms with Gasteiger partial charge in [0.25, 0.3) is 5.91 Å². The molecule has 0 aliphatic carbocycles. The van der Waals surface area contributed by atoms with Gasteiger partial charge in [-0.3, -0.25) is 4.79 Å². The van der Waals surface area contributed by atoms with E-state index >= 15 is 0 Å². The van der Waals surface area contributed by atoms with E-state index in [0.29, 0.717) is 40.8 Å². The molecule has 2 aromatic carbocycles. The number of nitrogens with zero attached hydrogens (tertiary/aromatic N) is 1. The molecule has 1 heterocycles. The van der Waals surface area contributed by atoms with Gasteiger partial charge in [0, 0.05) is 23.5 Å². The van der Waals surface area contributed by atoms with E-state index in [9.17, 15) is 9.18 Å². The minimum Gasteiger partial charge on any atom is -0.398 e. The van der Waals surface area contributed by atoms with Gasteiger partial charge in [0.15, 0.2) is 6.30 Å². The first-order chi connectivity index (χ1) is 11.5. The maximum absolute atomic E-state index is 14.0. The molecule has 0 radical (unpaired) electrons. The minimum absolute atomic E-state index is 0.0423. The average molecular weight is 350 g/mol. The normalized spacial score (nSPS) is 17.6. The number of nitrogens with two attached hydrogens (primary N) is 1. The number of amides is 1. The molecule has 0 saturated carbocycles. The molecule has 1 aliphatic heterocycles. The van der Waals surface area contributed by atoms with Gasteiger partial charge in [0.2, 0.25) is 0 Å². The Balaban J connectivity index is 1.76. The SMILES string of the molecule is Nc1cc(C(=O)Nc2cccc(N3CCOCC3F)c2)ccc1Cl. The molecule has 1 amide bonds. The van der Waals surface area contributed by atoms with Gasteiger partial charge >= 0.3 is 0 Å². The number of morpholine rings is 1. The van der Waals surface area contributed by atoms with Gasteiger partial charge in [-0.15, -0.1) is 0 Å². The number of nitrogen functional groups attached to an aromatic ring is 1. The summed E-state index contributed by atoms with van der Waals surface area (Å²) in [7, 11) is 0. The van der Waals surface area contributed by atoms with Crippen LogP contribution in [-0.2, 0) is 4.74 Å². The number of anilines is 3. The fourth-order valence-corrected chi connectivity index (χ4v) is 2.63. The third kappa shape index (κ3) is 3.60. The van der Waals surface area contributed by atoms with Gasteiger partial charge < -0.3 is 20.7 Å². The zero-order valence-electron chi connectivity index (χ0n) is 12.8. The molecule has 3 N–H and O–H groups in total. The van der Waals surface area contributed by atoms with Crippen LogP contribution in [0.25, 0.3) is 0 Å². The summed E-state index contributed by atoms with van der Waals surface area (Å²) in [4.78, 5) is 13.9. The lowest BCUT2D eigenvalue weighted by Gasteiger charge is -2.32. The van der Waals surface area contributed by atoms with Gasteiger partial charge in [-0.05, 0) is 36.4 Å². The summed E-state index contributed by atoms with van der Waals surface area (Å²) in [5, 5.41) is 3.18. The van der Waals surface area contributed by atoms with E-state index in [4.69, 9.17) is 22.1 Å². The number of halogens is 2. The highest BCUT2D eigenvalue weighted by molar-refractivity contribution is 6.33. The third-order valence-electron chi connectivity index (χ3n) is 3.76. The Morgan fingerprint density at radius 3 is 2.92 bits per heavy atom. The van der Waals surface area contributed by atoms with Crippen LogP contribution in [0.3, 0.4) is 0 Å². The lowest BCUT2D eigenvalue weighted by molar-refractivity contribution is 0.0497. The number of benzene rings is 2. The van der Waals surface area contributed by atoms with Crippen LogP contribution in [-0.4, -0.2) is 32.0 Å². The molecular formula is C17H17ClFN3O2. The van der Waals surface area contributed by atoms with E-state index in [2.05, 4.69) is 5.32 Å². The van der Waals surface area contributed by atoms with Crippen molar-refractivity contribution in [1.82, 2.24) is 0 Å². The fraction of sp³-hybridized carbons (Fsp3) is 0.235. The van der Waals surface area contributed by atoms with Crippen LogP contribution < -0.4 is 16.0 Å². The van der Waals surface area contributed by atoms with Crippen molar-refractivity contribution in [2.45, 2.75) is 6.30 Å². The smallest absolute Gasteiger partial charge is 0.255 e. The third-order valence-corrected chi connectivity index (χ3v) is 4.11. The molecule has 2 aromatic rings. The number of carbonyl (C=O) groups is 1. The number of alkyl halides is 1. The summed E-state index contributed by atoms with van der Waals surface area (Å²) in [5.74, 6) is -0.311. The standard InChI is InChI=1S/C17H17ClFN3O2/c18-14-5-4-11(8-15(14)20)17(23)21-12-2-1-3-13(9-12)22-6-7-24-10-16(22)19/h1-5,8-9,16H,6-7,10,20H2,(H,21,23). The largest absolute Gasteiger partial charge is 0.398 e. The van der Waals surface area contributed by atoms with Crippen molar-refractivity contribution in [3.05, 3.63) is 53.1 Å². The highest BCUT2D eigenvalue weighted by Crippen LogP contribution is 2.25. The van der Waals surface area contributed by atoms with Crippen LogP contribution in [0.2, 0.25) is 5.02 Å². The summed E-state index contributed by atoms with van der Waals surface area (Å²) in [5.41, 5.74) is 7.72. The molecule has 0 aromatic heterocycles. The number of ether oxygens (including phenoxy) is 1. The molecule has 5 nitrogen and oxygen atoms in total. The molecule has 7 heteroatoms. The maximum atomic E-state index is 14.0. The highest BCUT2D eigenvalue weighted by Gasteiger charge is 2.22. The highest BCUT2D eigenvalue weighted by atomic mass is 35.5. The van der Waals surface area contributed by atoms with Crippen molar-refractivity contribution in [2.75, 3.05) is 35.7 Å². The van der Waals surface area contributed by atoms with E-state index in [1.807, 2.05) is 0 Å². The Kier molecular flexibility index (Phi) is 4.87.